The largest absolute Gasteiger partial charge is 0.309 e. The van der Waals surface area contributed by atoms with E-state index in [0.29, 0.717) is 0 Å². The predicted molar refractivity (Wildman–Crippen MR) is 229 cm³/mol. The molecule has 56 heavy (non-hydrogen) atoms. The number of benzene rings is 8. The summed E-state index contributed by atoms with van der Waals surface area (Å²) in [7, 11) is 0. The summed E-state index contributed by atoms with van der Waals surface area (Å²) in [6, 6.07) is 75.3. The summed E-state index contributed by atoms with van der Waals surface area (Å²) in [5, 5.41) is 14.1. The maximum atomic E-state index is 3.89. The number of nitrogens with zero attached hydrogens (tertiary/aromatic N) is 1. The third-order valence-electron chi connectivity index (χ3n) is 12.0. The lowest BCUT2D eigenvalue weighted by molar-refractivity contribution is 0.203. The van der Waals surface area contributed by atoms with Gasteiger partial charge in [-0.25, -0.2) is 0 Å². The van der Waals surface area contributed by atoms with Gasteiger partial charge < -0.3 is 4.57 Å². The van der Waals surface area contributed by atoms with Crippen LogP contribution in [0.25, 0.3) is 38.6 Å². The Bertz CT molecular complexity index is 2760. The summed E-state index contributed by atoms with van der Waals surface area (Å²) in [5.41, 5.74) is 14.4. The van der Waals surface area contributed by atoms with Crippen LogP contribution in [0.3, 0.4) is 0 Å². The monoisotopic (exact) mass is 720 g/mol. The van der Waals surface area contributed by atoms with Gasteiger partial charge in [0.2, 0.25) is 0 Å². The predicted octanol–water partition coefficient (Wildman–Crippen LogP) is 11.3. The first-order valence-corrected chi connectivity index (χ1v) is 19.5. The number of hydrogen-bond donors (Lipinski definition) is 3. The summed E-state index contributed by atoms with van der Waals surface area (Å²) < 4.78 is 2.47. The van der Waals surface area contributed by atoms with E-state index >= 15 is 0 Å². The Balaban J connectivity index is 1.11. The minimum atomic E-state index is -0.479. The second-order valence-electron chi connectivity index (χ2n) is 15.0. The van der Waals surface area contributed by atoms with Crippen LogP contribution in [-0.4, -0.2) is 4.57 Å². The number of para-hydroxylation sites is 1. The Morgan fingerprint density at radius 2 is 0.875 bits per heavy atom. The molecule has 11 rings (SSSR count). The number of rotatable bonds is 6. The SMILES string of the molecule is c1ccc(C2NC(c3ccccc3)NC(c3cccc(-n4c5ccccc5c5cc6c(cc54)C(c4ccccc4)(c4ccccc4)c4ccccc4-6)c3)N2)cc1. The Kier molecular flexibility index (Phi) is 7.81. The zero-order chi connectivity index (χ0) is 37.1. The number of nitrogens with one attached hydrogen (secondary N) is 3. The van der Waals surface area contributed by atoms with Gasteiger partial charge in [-0.05, 0) is 80.4 Å². The Morgan fingerprint density at radius 3 is 1.52 bits per heavy atom. The Morgan fingerprint density at radius 1 is 0.357 bits per heavy atom. The van der Waals surface area contributed by atoms with Crippen molar-refractivity contribution in [1.29, 1.82) is 0 Å². The van der Waals surface area contributed by atoms with Gasteiger partial charge in [-0.15, -0.1) is 0 Å². The average Bonchev–Trinajstić information content (AvgIpc) is 3.76. The van der Waals surface area contributed by atoms with E-state index in [1.165, 1.54) is 71.9 Å². The molecule has 8 aromatic carbocycles. The fourth-order valence-corrected chi connectivity index (χ4v) is 9.54. The molecule has 4 nitrogen and oxygen atoms in total. The second kappa shape index (κ2) is 13.3. The quantitative estimate of drug-likeness (QED) is 0.160. The molecule has 1 fully saturated rings. The van der Waals surface area contributed by atoms with E-state index in [-0.39, 0.29) is 18.5 Å². The zero-order valence-electron chi connectivity index (χ0n) is 30.8. The van der Waals surface area contributed by atoms with E-state index in [0.717, 1.165) is 5.69 Å². The van der Waals surface area contributed by atoms with Crippen LogP contribution in [-0.2, 0) is 5.41 Å². The molecule has 0 spiro atoms. The first-order valence-electron chi connectivity index (χ1n) is 19.5. The van der Waals surface area contributed by atoms with E-state index in [1.807, 2.05) is 0 Å². The molecule has 1 aliphatic carbocycles. The van der Waals surface area contributed by atoms with Gasteiger partial charge in [-0.2, -0.15) is 0 Å². The second-order valence-corrected chi connectivity index (χ2v) is 15.0. The van der Waals surface area contributed by atoms with E-state index in [1.54, 1.807) is 0 Å². The number of aromatic nitrogens is 1. The highest BCUT2D eigenvalue weighted by Gasteiger charge is 2.46. The van der Waals surface area contributed by atoms with Gasteiger partial charge in [0.15, 0.2) is 0 Å². The van der Waals surface area contributed by atoms with Crippen molar-refractivity contribution in [2.45, 2.75) is 23.9 Å². The van der Waals surface area contributed by atoms with E-state index < -0.39 is 5.41 Å². The fourth-order valence-electron chi connectivity index (χ4n) is 9.54. The van der Waals surface area contributed by atoms with Gasteiger partial charge in [0.1, 0.15) is 0 Å². The third kappa shape index (κ3) is 5.11. The molecule has 9 aromatic rings. The first-order chi connectivity index (χ1) is 27.8. The zero-order valence-corrected chi connectivity index (χ0v) is 30.8. The third-order valence-corrected chi connectivity index (χ3v) is 12.0. The smallest absolute Gasteiger partial charge is 0.0865 e. The number of hydrogen-bond acceptors (Lipinski definition) is 3. The molecule has 4 heteroatoms. The highest BCUT2D eigenvalue weighted by Crippen LogP contribution is 2.57. The molecule has 0 amide bonds. The highest BCUT2D eigenvalue weighted by atomic mass is 15.4. The molecule has 0 saturated carbocycles. The topological polar surface area (TPSA) is 41.0 Å². The number of fused-ring (bicyclic) bond motifs is 6. The molecule has 2 heterocycles. The standard InChI is InChI=1S/C52H40N4/c1-5-18-35(19-6-1)49-53-50(36-20-7-2-8-21-36)55-51(54-49)37-22-17-27-40(32-37)56-47-31-16-14-29-42(47)44-33-43-41-28-13-15-30-45(41)52(46(43)34-48(44)56,38-23-9-3-10-24-38)39-25-11-4-12-26-39/h1-34,49-51,53-55H. The Labute approximate surface area is 327 Å². The molecule has 0 bridgehead atoms. The molecule has 2 atom stereocenters. The molecule has 0 radical (unpaired) electrons. The molecule has 3 N–H and O–H groups in total. The van der Waals surface area contributed by atoms with Gasteiger partial charge in [0.05, 0.1) is 34.9 Å². The van der Waals surface area contributed by atoms with Crippen molar-refractivity contribution in [3.63, 3.8) is 0 Å². The molecular weight excluding hydrogens is 681 g/mol. The van der Waals surface area contributed by atoms with Crippen molar-refractivity contribution in [1.82, 2.24) is 20.5 Å². The van der Waals surface area contributed by atoms with Crippen LogP contribution >= 0.6 is 0 Å². The van der Waals surface area contributed by atoms with Crippen LogP contribution in [0.1, 0.15) is 57.4 Å². The first kappa shape index (κ1) is 32.8. The minimum absolute atomic E-state index is 0.0436. The van der Waals surface area contributed by atoms with E-state index in [2.05, 4.69) is 227 Å². The Hall–Kier alpha value is -6.56. The average molecular weight is 721 g/mol. The van der Waals surface area contributed by atoms with Crippen LogP contribution < -0.4 is 16.0 Å². The van der Waals surface area contributed by atoms with Crippen molar-refractivity contribution >= 4 is 21.8 Å². The van der Waals surface area contributed by atoms with Crippen LogP contribution in [0.4, 0.5) is 0 Å². The van der Waals surface area contributed by atoms with Crippen LogP contribution in [0, 0.1) is 0 Å². The maximum Gasteiger partial charge on any atom is 0.0865 e. The van der Waals surface area contributed by atoms with Gasteiger partial charge >= 0.3 is 0 Å². The lowest BCUT2D eigenvalue weighted by atomic mass is 9.67. The van der Waals surface area contributed by atoms with Gasteiger partial charge in [0, 0.05) is 16.5 Å². The normalized spacial score (nSPS) is 18.5. The summed E-state index contributed by atoms with van der Waals surface area (Å²) in [6.45, 7) is 0. The van der Waals surface area contributed by atoms with Crippen LogP contribution in [0.2, 0.25) is 0 Å². The summed E-state index contributed by atoms with van der Waals surface area (Å²) >= 11 is 0. The molecule has 1 saturated heterocycles. The van der Waals surface area contributed by atoms with Crippen LogP contribution in [0.15, 0.2) is 206 Å². The minimum Gasteiger partial charge on any atom is -0.309 e. The van der Waals surface area contributed by atoms with Crippen molar-refractivity contribution < 1.29 is 0 Å². The van der Waals surface area contributed by atoms with E-state index in [9.17, 15) is 0 Å². The summed E-state index contributed by atoms with van der Waals surface area (Å²) in [6.07, 6.45) is -0.196. The van der Waals surface area contributed by atoms with Gasteiger partial charge in [-0.1, -0.05) is 176 Å². The molecule has 268 valence electrons. The van der Waals surface area contributed by atoms with Gasteiger partial charge in [0.25, 0.3) is 0 Å². The van der Waals surface area contributed by atoms with Crippen LogP contribution in [0.5, 0.6) is 0 Å². The highest BCUT2D eigenvalue weighted by molar-refractivity contribution is 6.12. The van der Waals surface area contributed by atoms with Crippen molar-refractivity contribution in [3.8, 4) is 16.8 Å². The van der Waals surface area contributed by atoms with Gasteiger partial charge in [-0.3, -0.25) is 16.0 Å². The van der Waals surface area contributed by atoms with Crippen molar-refractivity contribution in [2.75, 3.05) is 0 Å². The molecule has 2 aliphatic rings. The lowest BCUT2D eigenvalue weighted by Crippen LogP contribution is -2.54. The van der Waals surface area contributed by atoms with Crippen molar-refractivity contribution in [2.24, 2.45) is 0 Å². The molecule has 1 aromatic heterocycles. The maximum absolute atomic E-state index is 3.89. The fraction of sp³-hybridized carbons (Fsp3) is 0.0769. The van der Waals surface area contributed by atoms with Crippen molar-refractivity contribution in [3.05, 3.63) is 245 Å². The molecular formula is C52H40N4. The van der Waals surface area contributed by atoms with E-state index in [4.69, 9.17) is 0 Å². The molecule has 2 unspecified atom stereocenters. The molecule has 1 aliphatic heterocycles. The lowest BCUT2D eigenvalue weighted by Gasteiger charge is -2.39. The summed E-state index contributed by atoms with van der Waals surface area (Å²) in [4.78, 5) is 0. The summed E-state index contributed by atoms with van der Waals surface area (Å²) in [5.74, 6) is 0.